The van der Waals surface area contributed by atoms with E-state index in [-0.39, 0.29) is 22.5 Å². The SMILES string of the molecule is Cc1cc(F)c(C(C)(O)C(F)(F)F)cc1-c1cnc2c(N)nc(C(F)(F)F)cn12. The summed E-state index contributed by atoms with van der Waals surface area (Å²) in [6, 6.07) is 1.48. The minimum atomic E-state index is -5.20. The Hall–Kier alpha value is -2.89. The molecule has 3 N–H and O–H groups in total. The Morgan fingerprint density at radius 3 is 2.28 bits per heavy atom. The van der Waals surface area contributed by atoms with Crippen molar-refractivity contribution in [2.24, 2.45) is 0 Å². The van der Waals surface area contributed by atoms with Crippen molar-refractivity contribution in [2.75, 3.05) is 5.73 Å². The first kappa shape index (κ1) is 20.8. The highest BCUT2D eigenvalue weighted by molar-refractivity contribution is 5.72. The van der Waals surface area contributed by atoms with Gasteiger partial charge in [-0.1, -0.05) is 0 Å². The molecule has 0 fully saturated rings. The second-order valence-electron chi connectivity index (χ2n) is 6.56. The summed E-state index contributed by atoms with van der Waals surface area (Å²) in [5.74, 6) is -1.87. The molecular formula is C17H13F7N4O. The molecule has 3 rings (SSSR count). The van der Waals surface area contributed by atoms with Gasteiger partial charge in [0.05, 0.1) is 11.9 Å². The highest BCUT2D eigenvalue weighted by Crippen LogP contribution is 2.42. The van der Waals surface area contributed by atoms with E-state index in [1.165, 1.54) is 6.92 Å². The maximum atomic E-state index is 14.2. The molecule has 0 bridgehead atoms. The molecule has 5 nitrogen and oxygen atoms in total. The smallest absolute Gasteiger partial charge is 0.381 e. The van der Waals surface area contributed by atoms with Gasteiger partial charge in [0.2, 0.25) is 0 Å². The molecule has 1 unspecified atom stereocenters. The zero-order valence-corrected chi connectivity index (χ0v) is 14.8. The molecule has 0 aliphatic rings. The first-order valence-electron chi connectivity index (χ1n) is 7.95. The fourth-order valence-electron chi connectivity index (χ4n) is 2.82. The van der Waals surface area contributed by atoms with Crippen LogP contribution >= 0.6 is 0 Å². The van der Waals surface area contributed by atoms with Crippen molar-refractivity contribution >= 4 is 11.5 Å². The second kappa shape index (κ2) is 6.31. The molecule has 12 heteroatoms. The van der Waals surface area contributed by atoms with Crippen molar-refractivity contribution in [3.8, 4) is 11.3 Å². The van der Waals surface area contributed by atoms with Gasteiger partial charge in [-0.05, 0) is 31.5 Å². The highest BCUT2D eigenvalue weighted by Gasteiger charge is 2.52. The number of hydrogen-bond acceptors (Lipinski definition) is 4. The van der Waals surface area contributed by atoms with Crippen LogP contribution < -0.4 is 5.73 Å². The quantitative estimate of drug-likeness (QED) is 0.607. The molecule has 0 aliphatic heterocycles. The molecule has 0 amide bonds. The molecule has 156 valence electrons. The van der Waals surface area contributed by atoms with E-state index in [1.54, 1.807) is 0 Å². The maximum absolute atomic E-state index is 14.2. The Bertz CT molecular complexity index is 1100. The number of hydrogen-bond donors (Lipinski definition) is 2. The lowest BCUT2D eigenvalue weighted by molar-refractivity contribution is -0.259. The van der Waals surface area contributed by atoms with E-state index >= 15 is 0 Å². The van der Waals surface area contributed by atoms with Crippen molar-refractivity contribution < 1.29 is 35.8 Å². The van der Waals surface area contributed by atoms with Crippen molar-refractivity contribution in [2.45, 2.75) is 31.8 Å². The molecular weight excluding hydrogens is 409 g/mol. The van der Waals surface area contributed by atoms with Crippen LogP contribution in [0.4, 0.5) is 36.6 Å². The Kier molecular flexibility index (Phi) is 4.53. The second-order valence-corrected chi connectivity index (χ2v) is 6.56. The molecule has 2 aromatic heterocycles. The van der Waals surface area contributed by atoms with Gasteiger partial charge in [0.15, 0.2) is 22.8 Å². The molecule has 1 aromatic carbocycles. The summed E-state index contributed by atoms with van der Waals surface area (Å²) in [7, 11) is 0. The van der Waals surface area contributed by atoms with Crippen molar-refractivity contribution in [1.82, 2.24) is 14.4 Å². The van der Waals surface area contributed by atoms with Crippen molar-refractivity contribution in [1.29, 1.82) is 0 Å². The van der Waals surface area contributed by atoms with Crippen LogP contribution in [0.25, 0.3) is 16.9 Å². The number of benzene rings is 1. The highest BCUT2D eigenvalue weighted by atomic mass is 19.4. The number of anilines is 1. The van der Waals surface area contributed by atoms with E-state index in [0.29, 0.717) is 13.1 Å². The number of halogens is 7. The van der Waals surface area contributed by atoms with Gasteiger partial charge in [-0.15, -0.1) is 0 Å². The summed E-state index contributed by atoms with van der Waals surface area (Å²) in [6.07, 6.45) is -8.39. The predicted octanol–water partition coefficient (Wildman–Crippen LogP) is 4.21. The first-order chi connectivity index (χ1) is 13.1. The number of nitrogen functional groups attached to an aromatic ring is 1. The summed E-state index contributed by atoms with van der Waals surface area (Å²) in [5.41, 5.74) is -0.656. The van der Waals surface area contributed by atoms with E-state index < -0.39 is 40.8 Å². The third kappa shape index (κ3) is 3.37. The fraction of sp³-hybridized carbons (Fsp3) is 0.294. The zero-order valence-electron chi connectivity index (χ0n) is 14.8. The standard InChI is InChI=1S/C17H13F7N4O/c1-7-3-10(18)9(15(2,29)17(22,23)24)4-8(7)11-5-26-14-13(25)27-12(6-28(11)14)16(19,20)21/h3-6,29H,1-2H3,(H2,25,27). The Morgan fingerprint density at radius 2 is 1.72 bits per heavy atom. The molecule has 0 saturated heterocycles. The van der Waals surface area contributed by atoms with Gasteiger partial charge in [-0.3, -0.25) is 4.40 Å². The predicted molar refractivity (Wildman–Crippen MR) is 88.2 cm³/mol. The van der Waals surface area contributed by atoms with Gasteiger partial charge in [0.25, 0.3) is 0 Å². The molecule has 0 aliphatic carbocycles. The lowest BCUT2D eigenvalue weighted by Crippen LogP contribution is -2.40. The number of aliphatic hydroxyl groups is 1. The minimum absolute atomic E-state index is 0.0721. The molecule has 3 aromatic rings. The molecule has 29 heavy (non-hydrogen) atoms. The number of nitrogens with two attached hydrogens (primary N) is 1. The third-order valence-corrected chi connectivity index (χ3v) is 4.48. The van der Waals surface area contributed by atoms with E-state index in [1.807, 2.05) is 0 Å². The number of aryl methyl sites for hydroxylation is 1. The molecule has 0 saturated carbocycles. The lowest BCUT2D eigenvalue weighted by atomic mass is 9.90. The number of nitrogens with zero attached hydrogens (tertiary/aromatic N) is 3. The largest absolute Gasteiger partial charge is 0.434 e. The zero-order chi connectivity index (χ0) is 21.9. The van der Waals surface area contributed by atoms with Crippen LogP contribution in [0.3, 0.4) is 0 Å². The summed E-state index contributed by atoms with van der Waals surface area (Å²) in [5, 5.41) is 9.86. The summed E-state index contributed by atoms with van der Waals surface area (Å²) < 4.78 is 93.9. The number of rotatable bonds is 2. The van der Waals surface area contributed by atoms with Crippen LogP contribution in [0.5, 0.6) is 0 Å². The summed E-state index contributed by atoms with van der Waals surface area (Å²) >= 11 is 0. The monoisotopic (exact) mass is 422 g/mol. The van der Waals surface area contributed by atoms with Crippen LogP contribution in [0.15, 0.2) is 24.5 Å². The number of fused-ring (bicyclic) bond motifs is 1. The summed E-state index contributed by atoms with van der Waals surface area (Å²) in [6.45, 7) is 1.72. The van der Waals surface area contributed by atoms with Gasteiger partial charge >= 0.3 is 12.4 Å². The maximum Gasteiger partial charge on any atom is 0.434 e. The number of aromatic nitrogens is 3. The van der Waals surface area contributed by atoms with Crippen molar-refractivity contribution in [3.63, 3.8) is 0 Å². The van der Waals surface area contributed by atoms with Crippen LogP contribution in [0.1, 0.15) is 23.7 Å². The summed E-state index contributed by atoms with van der Waals surface area (Å²) in [4.78, 5) is 7.08. The molecule has 1 atom stereocenters. The van der Waals surface area contributed by atoms with Gasteiger partial charge in [-0.25, -0.2) is 14.4 Å². The van der Waals surface area contributed by atoms with Crippen LogP contribution in [0, 0.1) is 12.7 Å². The Labute approximate surface area is 158 Å². The minimum Gasteiger partial charge on any atom is -0.381 e. The van der Waals surface area contributed by atoms with Gasteiger partial charge in [0.1, 0.15) is 5.82 Å². The third-order valence-electron chi connectivity index (χ3n) is 4.48. The number of alkyl halides is 6. The van der Waals surface area contributed by atoms with Crippen molar-refractivity contribution in [3.05, 3.63) is 47.2 Å². The molecule has 0 radical (unpaired) electrons. The van der Waals surface area contributed by atoms with Crippen LogP contribution in [-0.4, -0.2) is 25.7 Å². The Balaban J connectivity index is 2.31. The molecule has 0 spiro atoms. The fourth-order valence-corrected chi connectivity index (χ4v) is 2.82. The molecule has 2 heterocycles. The average molecular weight is 422 g/mol. The number of imidazole rings is 1. The van der Waals surface area contributed by atoms with Gasteiger partial charge in [0, 0.05) is 17.3 Å². The lowest BCUT2D eigenvalue weighted by Gasteiger charge is -2.28. The van der Waals surface area contributed by atoms with E-state index in [9.17, 15) is 35.8 Å². The van der Waals surface area contributed by atoms with E-state index in [4.69, 9.17) is 5.73 Å². The normalized spacial score (nSPS) is 15.0. The topological polar surface area (TPSA) is 76.4 Å². The van der Waals surface area contributed by atoms with Crippen LogP contribution in [-0.2, 0) is 11.8 Å². The van der Waals surface area contributed by atoms with Crippen LogP contribution in [0.2, 0.25) is 0 Å². The van der Waals surface area contributed by atoms with E-state index in [2.05, 4.69) is 9.97 Å². The van der Waals surface area contributed by atoms with E-state index in [0.717, 1.165) is 22.7 Å². The first-order valence-corrected chi connectivity index (χ1v) is 7.95. The van der Waals surface area contributed by atoms with Gasteiger partial charge in [-0.2, -0.15) is 26.3 Å². The Morgan fingerprint density at radius 1 is 1.10 bits per heavy atom. The average Bonchev–Trinajstić information content (AvgIpc) is 2.97. The van der Waals surface area contributed by atoms with Gasteiger partial charge < -0.3 is 10.8 Å².